The first kappa shape index (κ1) is 19.3. The second-order valence-electron chi connectivity index (χ2n) is 7.74. The number of H-pyrrole nitrogens is 1. The van der Waals surface area contributed by atoms with Crippen LogP contribution in [0.15, 0.2) is 36.7 Å². The van der Waals surface area contributed by atoms with E-state index in [9.17, 15) is 13.2 Å². The molecular weight excluding hydrogens is 395 g/mol. The Bertz CT molecular complexity index is 1040. The summed E-state index contributed by atoms with van der Waals surface area (Å²) in [6.45, 7) is 3.06. The van der Waals surface area contributed by atoms with Crippen molar-refractivity contribution in [2.45, 2.75) is 31.1 Å². The Hall–Kier alpha value is -2.65. The second-order valence-corrected chi connectivity index (χ2v) is 7.74. The molecule has 0 saturated carbocycles. The van der Waals surface area contributed by atoms with Crippen LogP contribution in [0.1, 0.15) is 29.3 Å². The molecule has 9 heteroatoms. The Morgan fingerprint density at radius 1 is 1.13 bits per heavy atom. The zero-order chi connectivity index (χ0) is 20.7. The fraction of sp³-hybridized carbons (Fsp3) is 0.429. The zero-order valence-corrected chi connectivity index (χ0v) is 16.2. The van der Waals surface area contributed by atoms with Crippen LogP contribution in [-0.2, 0) is 17.3 Å². The molecule has 2 atom stereocenters. The third-order valence-corrected chi connectivity index (χ3v) is 6.02. The van der Waals surface area contributed by atoms with Crippen molar-refractivity contribution >= 4 is 16.9 Å². The van der Waals surface area contributed by atoms with Gasteiger partial charge in [0.15, 0.2) is 0 Å². The van der Waals surface area contributed by atoms with Crippen LogP contribution < -0.4 is 5.32 Å². The first-order chi connectivity index (χ1) is 14.5. The fourth-order valence-electron chi connectivity index (χ4n) is 4.57. The smallest absolute Gasteiger partial charge is 0.379 e. The number of nitrogens with zero attached hydrogens (tertiary/aromatic N) is 3. The van der Waals surface area contributed by atoms with Gasteiger partial charge in [-0.3, -0.25) is 4.90 Å². The van der Waals surface area contributed by atoms with Gasteiger partial charge in [-0.2, -0.15) is 13.2 Å². The molecule has 1 aliphatic carbocycles. The molecule has 1 fully saturated rings. The number of nitrogens with one attached hydrogen (secondary N) is 2. The zero-order valence-electron chi connectivity index (χ0n) is 16.2. The first-order valence-corrected chi connectivity index (χ1v) is 10.1. The molecule has 0 bridgehead atoms. The fourth-order valence-corrected chi connectivity index (χ4v) is 4.57. The van der Waals surface area contributed by atoms with E-state index in [0.29, 0.717) is 24.4 Å². The van der Waals surface area contributed by atoms with E-state index in [2.05, 4.69) is 37.3 Å². The van der Waals surface area contributed by atoms with Crippen LogP contribution in [-0.4, -0.2) is 52.2 Å². The van der Waals surface area contributed by atoms with Gasteiger partial charge in [-0.1, -0.05) is 24.3 Å². The third-order valence-electron chi connectivity index (χ3n) is 6.02. The lowest BCUT2D eigenvalue weighted by Gasteiger charge is -2.43. The highest BCUT2D eigenvalue weighted by Crippen LogP contribution is 2.38. The number of morpholine rings is 1. The van der Waals surface area contributed by atoms with Gasteiger partial charge in [-0.15, -0.1) is 0 Å². The third kappa shape index (κ3) is 3.52. The van der Waals surface area contributed by atoms with Gasteiger partial charge in [0.2, 0.25) is 0 Å². The van der Waals surface area contributed by atoms with E-state index in [1.54, 1.807) is 0 Å². The van der Waals surface area contributed by atoms with Crippen LogP contribution in [0.3, 0.4) is 0 Å². The van der Waals surface area contributed by atoms with Crippen LogP contribution in [0.5, 0.6) is 0 Å². The van der Waals surface area contributed by atoms with Crippen LogP contribution in [0.25, 0.3) is 11.0 Å². The summed E-state index contributed by atoms with van der Waals surface area (Å²) in [4.78, 5) is 13.1. The number of fused-ring (bicyclic) bond motifs is 2. The van der Waals surface area contributed by atoms with E-state index >= 15 is 0 Å². The van der Waals surface area contributed by atoms with Crippen molar-refractivity contribution in [3.8, 4) is 0 Å². The molecule has 2 unspecified atom stereocenters. The van der Waals surface area contributed by atoms with Crippen LogP contribution >= 0.6 is 0 Å². The molecule has 1 saturated heterocycles. The van der Waals surface area contributed by atoms with Gasteiger partial charge in [0.1, 0.15) is 23.5 Å². The van der Waals surface area contributed by atoms with Crippen molar-refractivity contribution in [1.29, 1.82) is 0 Å². The van der Waals surface area contributed by atoms with Gasteiger partial charge in [0.05, 0.1) is 24.6 Å². The number of anilines is 1. The molecule has 2 N–H and O–H groups in total. The highest BCUT2D eigenvalue weighted by atomic mass is 19.4. The highest BCUT2D eigenvalue weighted by Gasteiger charge is 2.36. The molecule has 6 nitrogen and oxygen atoms in total. The van der Waals surface area contributed by atoms with Crippen molar-refractivity contribution < 1.29 is 17.9 Å². The van der Waals surface area contributed by atoms with Gasteiger partial charge < -0.3 is 15.0 Å². The maximum Gasteiger partial charge on any atom is 0.431 e. The highest BCUT2D eigenvalue weighted by molar-refractivity contribution is 5.88. The van der Waals surface area contributed by atoms with Crippen molar-refractivity contribution in [1.82, 2.24) is 19.9 Å². The quantitative estimate of drug-likeness (QED) is 0.679. The molecule has 2 aliphatic rings. The molecule has 1 aliphatic heterocycles. The Morgan fingerprint density at radius 3 is 2.73 bits per heavy atom. The molecule has 2 aromatic heterocycles. The molecule has 1 aromatic carbocycles. The van der Waals surface area contributed by atoms with Gasteiger partial charge >= 0.3 is 6.18 Å². The standard InChI is InChI=1S/C21H22F3N5O/c22-21(23,24)17-11-15-19(27-17)25-12-26-20(15)28-18-14-4-2-1-3-13(14)5-6-16(18)29-7-9-30-10-8-29/h1-4,11-12,16,18H,5-10H2,(H2,25,26,27,28). The summed E-state index contributed by atoms with van der Waals surface area (Å²) in [5, 5.41) is 3.81. The molecule has 158 valence electrons. The van der Waals surface area contributed by atoms with Gasteiger partial charge in [0, 0.05) is 19.1 Å². The lowest BCUT2D eigenvalue weighted by atomic mass is 9.83. The maximum absolute atomic E-state index is 13.2. The van der Waals surface area contributed by atoms with Crippen molar-refractivity contribution in [3.05, 3.63) is 53.5 Å². The predicted molar refractivity (Wildman–Crippen MR) is 106 cm³/mol. The average molecular weight is 417 g/mol. The number of alkyl halides is 3. The summed E-state index contributed by atoms with van der Waals surface area (Å²) >= 11 is 0. The molecule has 30 heavy (non-hydrogen) atoms. The Balaban J connectivity index is 1.54. The van der Waals surface area contributed by atoms with Crippen molar-refractivity contribution in [2.75, 3.05) is 31.6 Å². The topological polar surface area (TPSA) is 66.1 Å². The van der Waals surface area contributed by atoms with E-state index in [4.69, 9.17) is 4.74 Å². The Kier molecular flexibility index (Phi) is 4.86. The second kappa shape index (κ2) is 7.55. The van der Waals surface area contributed by atoms with E-state index in [0.717, 1.165) is 32.0 Å². The molecule has 0 amide bonds. The van der Waals surface area contributed by atoms with Crippen LogP contribution in [0, 0.1) is 0 Å². The predicted octanol–water partition coefficient (Wildman–Crippen LogP) is 3.78. The molecular formula is C21H22F3N5O. The Labute approximate surface area is 171 Å². The number of aromatic nitrogens is 3. The van der Waals surface area contributed by atoms with Crippen molar-refractivity contribution in [3.63, 3.8) is 0 Å². The summed E-state index contributed by atoms with van der Waals surface area (Å²) < 4.78 is 45.1. The number of aryl methyl sites for hydroxylation is 1. The lowest BCUT2D eigenvalue weighted by Crippen LogP contribution is -2.49. The van der Waals surface area contributed by atoms with E-state index in [1.165, 1.54) is 17.5 Å². The van der Waals surface area contributed by atoms with Crippen LogP contribution in [0.4, 0.5) is 19.0 Å². The van der Waals surface area contributed by atoms with E-state index in [-0.39, 0.29) is 17.7 Å². The van der Waals surface area contributed by atoms with E-state index < -0.39 is 11.9 Å². The monoisotopic (exact) mass is 417 g/mol. The summed E-state index contributed by atoms with van der Waals surface area (Å²) in [6, 6.07) is 9.43. The molecule has 3 aromatic rings. The van der Waals surface area contributed by atoms with E-state index in [1.807, 2.05) is 12.1 Å². The molecule has 5 rings (SSSR count). The normalized spacial score (nSPS) is 22.8. The summed E-state index contributed by atoms with van der Waals surface area (Å²) in [5.74, 6) is 0.409. The van der Waals surface area contributed by atoms with Gasteiger partial charge in [-0.25, -0.2) is 9.97 Å². The number of ether oxygens (including phenoxy) is 1. The minimum atomic E-state index is -4.47. The number of aromatic amines is 1. The summed E-state index contributed by atoms with van der Waals surface area (Å²) in [7, 11) is 0. The summed E-state index contributed by atoms with van der Waals surface area (Å²) in [6.07, 6.45) is -1.24. The minimum Gasteiger partial charge on any atom is -0.379 e. The summed E-state index contributed by atoms with van der Waals surface area (Å²) in [5.41, 5.74) is 1.77. The molecule has 0 spiro atoms. The lowest BCUT2D eigenvalue weighted by molar-refractivity contribution is -0.140. The van der Waals surface area contributed by atoms with Crippen molar-refractivity contribution in [2.24, 2.45) is 0 Å². The average Bonchev–Trinajstić information content (AvgIpc) is 3.21. The largest absolute Gasteiger partial charge is 0.431 e. The molecule has 0 radical (unpaired) electrons. The number of hydrogen-bond donors (Lipinski definition) is 2. The first-order valence-electron chi connectivity index (χ1n) is 10.1. The number of benzene rings is 1. The molecule has 3 heterocycles. The number of halogens is 3. The van der Waals surface area contributed by atoms with Gasteiger partial charge in [0.25, 0.3) is 0 Å². The van der Waals surface area contributed by atoms with Crippen LogP contribution in [0.2, 0.25) is 0 Å². The van der Waals surface area contributed by atoms with Gasteiger partial charge in [-0.05, 0) is 30.0 Å². The SMILES string of the molecule is FC(F)(F)c1cc2c(NC3c4ccccc4CCC3N3CCOCC3)ncnc2[nH]1. The number of rotatable bonds is 3. The Morgan fingerprint density at radius 2 is 1.93 bits per heavy atom. The number of hydrogen-bond acceptors (Lipinski definition) is 5. The maximum atomic E-state index is 13.2. The minimum absolute atomic E-state index is 0.0876.